The van der Waals surface area contributed by atoms with Crippen molar-refractivity contribution in [3.63, 3.8) is 0 Å². The van der Waals surface area contributed by atoms with Crippen LogP contribution in [0.2, 0.25) is 0 Å². The minimum absolute atomic E-state index is 0.00453. The van der Waals surface area contributed by atoms with E-state index in [0.29, 0.717) is 35.6 Å². The second-order valence-corrected chi connectivity index (χ2v) is 8.51. The topological polar surface area (TPSA) is 83.4 Å². The number of carbonyl (C=O) groups is 2. The van der Waals surface area contributed by atoms with Crippen LogP contribution in [0, 0.1) is 5.92 Å². The zero-order valence-electron chi connectivity index (χ0n) is 18.8. The van der Waals surface area contributed by atoms with E-state index in [1.807, 2.05) is 49.4 Å². The molecule has 170 valence electrons. The molecule has 2 heterocycles. The van der Waals surface area contributed by atoms with Crippen LogP contribution >= 0.6 is 0 Å². The molecule has 7 nitrogen and oxygen atoms in total. The smallest absolute Gasteiger partial charge is 0.315 e. The zero-order valence-corrected chi connectivity index (χ0v) is 18.8. The van der Waals surface area contributed by atoms with Crippen molar-refractivity contribution in [3.8, 4) is 17.2 Å². The van der Waals surface area contributed by atoms with Crippen LogP contribution in [0.25, 0.3) is 0 Å². The molecule has 1 aliphatic carbocycles. The number of allylic oxidation sites excluding steroid dienone is 2. The lowest BCUT2D eigenvalue weighted by Crippen LogP contribution is -2.37. The summed E-state index contributed by atoms with van der Waals surface area (Å²) < 4.78 is 21.4. The lowest BCUT2D eigenvalue weighted by atomic mass is 9.69. The third-order valence-corrected chi connectivity index (χ3v) is 6.69. The van der Waals surface area contributed by atoms with Crippen LogP contribution in [-0.4, -0.2) is 38.5 Å². The van der Waals surface area contributed by atoms with Crippen molar-refractivity contribution in [1.29, 1.82) is 0 Å². The minimum atomic E-state index is -0.671. The van der Waals surface area contributed by atoms with E-state index in [9.17, 15) is 9.59 Å². The Bertz CT molecular complexity index is 1180. The highest BCUT2D eigenvalue weighted by atomic mass is 16.7. The first-order valence-electron chi connectivity index (χ1n) is 10.9. The maximum absolute atomic E-state index is 13.6. The number of carbonyl (C=O) groups excluding carboxylic acids is 2. The molecule has 2 aliphatic heterocycles. The van der Waals surface area contributed by atoms with E-state index in [4.69, 9.17) is 23.9 Å². The maximum Gasteiger partial charge on any atom is 0.315 e. The molecule has 3 atom stereocenters. The van der Waals surface area contributed by atoms with Crippen LogP contribution in [0.1, 0.15) is 42.7 Å². The number of ketones is 1. The number of nitrogens with zero attached hydrogens (tertiary/aromatic N) is 1. The number of fused-ring (bicyclic) bond motifs is 1. The Morgan fingerprint density at radius 1 is 1.00 bits per heavy atom. The van der Waals surface area contributed by atoms with Crippen LogP contribution in [0.5, 0.6) is 17.2 Å². The molecular formula is C26H25NO6. The molecule has 0 fully saturated rings. The number of hydrogen-bond acceptors (Lipinski definition) is 7. The molecule has 0 aromatic heterocycles. The minimum Gasteiger partial charge on any atom is -0.497 e. The summed E-state index contributed by atoms with van der Waals surface area (Å²) in [4.78, 5) is 31.1. The fourth-order valence-corrected chi connectivity index (χ4v) is 5.07. The van der Waals surface area contributed by atoms with Crippen LogP contribution in [0.4, 0.5) is 0 Å². The Morgan fingerprint density at radius 2 is 1.73 bits per heavy atom. The van der Waals surface area contributed by atoms with Crippen LogP contribution < -0.4 is 14.2 Å². The third-order valence-electron chi connectivity index (χ3n) is 6.69. The molecule has 3 unspecified atom stereocenters. The van der Waals surface area contributed by atoms with Gasteiger partial charge in [-0.05, 0) is 54.7 Å². The number of esters is 1. The molecule has 0 spiro atoms. The Labute approximate surface area is 192 Å². The molecule has 0 amide bonds. The average molecular weight is 447 g/mol. The molecule has 3 aliphatic rings. The van der Waals surface area contributed by atoms with Crippen molar-refractivity contribution >= 4 is 17.5 Å². The van der Waals surface area contributed by atoms with Crippen molar-refractivity contribution in [2.24, 2.45) is 10.9 Å². The lowest BCUT2D eigenvalue weighted by molar-refractivity contribution is -0.143. The Hall–Kier alpha value is -3.61. The number of methoxy groups -OCH3 is 2. The van der Waals surface area contributed by atoms with E-state index in [1.54, 1.807) is 7.11 Å². The number of hydrogen-bond donors (Lipinski definition) is 0. The highest BCUT2D eigenvalue weighted by molar-refractivity contribution is 6.09. The second-order valence-electron chi connectivity index (χ2n) is 8.51. The van der Waals surface area contributed by atoms with E-state index in [2.05, 4.69) is 0 Å². The van der Waals surface area contributed by atoms with Gasteiger partial charge in [0.05, 0.1) is 14.2 Å². The molecule has 2 aromatic rings. The molecule has 0 bridgehead atoms. The molecule has 7 heteroatoms. The monoisotopic (exact) mass is 447 g/mol. The van der Waals surface area contributed by atoms with Gasteiger partial charge < -0.3 is 18.9 Å². The summed E-state index contributed by atoms with van der Waals surface area (Å²) in [6.07, 6.45) is 0.981. The largest absolute Gasteiger partial charge is 0.497 e. The number of rotatable bonds is 4. The Balaban J connectivity index is 1.57. The van der Waals surface area contributed by atoms with Gasteiger partial charge in [0.2, 0.25) is 6.79 Å². The van der Waals surface area contributed by atoms with Gasteiger partial charge in [-0.1, -0.05) is 18.2 Å². The molecule has 33 heavy (non-hydrogen) atoms. The van der Waals surface area contributed by atoms with Gasteiger partial charge in [0.15, 0.2) is 17.3 Å². The summed E-state index contributed by atoms with van der Waals surface area (Å²) >= 11 is 0. The molecule has 0 saturated heterocycles. The fraction of sp³-hybridized carbons (Fsp3) is 0.346. The van der Waals surface area contributed by atoms with Gasteiger partial charge in [-0.25, -0.2) is 0 Å². The number of Topliss-reactive ketones (excluding diaryl/α,β-unsaturated/α-hetero) is 1. The van der Waals surface area contributed by atoms with E-state index in [0.717, 1.165) is 22.6 Å². The van der Waals surface area contributed by atoms with Crippen molar-refractivity contribution < 1.29 is 28.5 Å². The standard InChI is InChI=1S/C26H25NO6/c1-14-23(26(29)31-3)24(16-6-9-21-22(12-16)33-13-32-21)25-19(27-14)10-17(11-20(25)28)15-4-7-18(30-2)8-5-15/h4-9,12,17,23-24H,10-11,13H2,1-3H3. The Kier molecular flexibility index (Phi) is 5.40. The quantitative estimate of drug-likeness (QED) is 0.654. The highest BCUT2D eigenvalue weighted by Gasteiger charge is 2.45. The summed E-state index contributed by atoms with van der Waals surface area (Å²) in [7, 11) is 2.99. The normalized spacial score (nSPS) is 23.7. The van der Waals surface area contributed by atoms with E-state index in [1.165, 1.54) is 7.11 Å². The number of benzene rings is 2. The zero-order chi connectivity index (χ0) is 23.1. The molecule has 2 aromatic carbocycles. The molecule has 0 radical (unpaired) electrons. The first-order valence-corrected chi connectivity index (χ1v) is 10.9. The Morgan fingerprint density at radius 3 is 2.45 bits per heavy atom. The first kappa shape index (κ1) is 21.2. The SMILES string of the molecule is COC(=O)C1C(C)=NC2=C(C(=O)CC(c3ccc(OC)cc3)C2)C1c1ccc2c(c1)OCO2. The summed E-state index contributed by atoms with van der Waals surface area (Å²) in [5.74, 6) is 0.498. The summed E-state index contributed by atoms with van der Waals surface area (Å²) in [6.45, 7) is 1.98. The van der Waals surface area contributed by atoms with E-state index < -0.39 is 17.8 Å². The summed E-state index contributed by atoms with van der Waals surface area (Å²) in [6, 6.07) is 13.4. The maximum atomic E-state index is 13.6. The highest BCUT2D eigenvalue weighted by Crippen LogP contribution is 2.48. The summed E-state index contributed by atoms with van der Waals surface area (Å²) in [5, 5.41) is 0. The van der Waals surface area contributed by atoms with Gasteiger partial charge in [0.25, 0.3) is 0 Å². The van der Waals surface area contributed by atoms with Crippen molar-refractivity contribution in [1.82, 2.24) is 0 Å². The average Bonchev–Trinajstić information content (AvgIpc) is 3.30. The number of aliphatic imine (C=N–C) groups is 1. The van der Waals surface area contributed by atoms with Gasteiger partial charge in [0.1, 0.15) is 11.7 Å². The van der Waals surface area contributed by atoms with Gasteiger partial charge in [-0.15, -0.1) is 0 Å². The van der Waals surface area contributed by atoms with Crippen LogP contribution in [0.15, 0.2) is 58.7 Å². The van der Waals surface area contributed by atoms with Crippen LogP contribution in [0.3, 0.4) is 0 Å². The predicted octanol–water partition coefficient (Wildman–Crippen LogP) is 4.17. The van der Waals surface area contributed by atoms with Crippen molar-refractivity contribution in [3.05, 3.63) is 64.9 Å². The fourth-order valence-electron chi connectivity index (χ4n) is 5.07. The van der Waals surface area contributed by atoms with Gasteiger partial charge in [-0.2, -0.15) is 0 Å². The lowest BCUT2D eigenvalue weighted by Gasteiger charge is -2.36. The predicted molar refractivity (Wildman–Crippen MR) is 121 cm³/mol. The van der Waals surface area contributed by atoms with Crippen molar-refractivity contribution in [2.45, 2.75) is 31.6 Å². The van der Waals surface area contributed by atoms with Crippen LogP contribution in [-0.2, 0) is 14.3 Å². The van der Waals surface area contributed by atoms with Gasteiger partial charge in [0, 0.05) is 29.3 Å². The second kappa shape index (κ2) is 8.39. The molecule has 0 saturated carbocycles. The third kappa shape index (κ3) is 3.67. The van der Waals surface area contributed by atoms with Gasteiger partial charge >= 0.3 is 5.97 Å². The van der Waals surface area contributed by atoms with E-state index in [-0.39, 0.29) is 18.5 Å². The van der Waals surface area contributed by atoms with E-state index >= 15 is 0 Å². The molecular weight excluding hydrogens is 422 g/mol. The first-order chi connectivity index (χ1) is 16.0. The molecule has 5 rings (SSSR count). The van der Waals surface area contributed by atoms with Crippen molar-refractivity contribution in [2.75, 3.05) is 21.0 Å². The number of ether oxygens (including phenoxy) is 4. The molecule has 0 N–H and O–H groups in total. The summed E-state index contributed by atoms with van der Waals surface area (Å²) in [5.41, 5.74) is 3.87. The van der Waals surface area contributed by atoms with Gasteiger partial charge in [-0.3, -0.25) is 14.6 Å².